The fraction of sp³-hybridized carbons (Fsp3) is 0.250. The first-order chi connectivity index (χ1) is 11.0. The molecule has 2 aromatic heterocycles. The summed E-state index contributed by atoms with van der Waals surface area (Å²) >= 11 is 1.45. The maximum absolute atomic E-state index is 11.8. The lowest BCUT2D eigenvalue weighted by molar-refractivity contribution is -0.116. The zero-order valence-electron chi connectivity index (χ0n) is 12.9. The van der Waals surface area contributed by atoms with Gasteiger partial charge >= 0.3 is 0 Å². The molecule has 2 N–H and O–H groups in total. The highest BCUT2D eigenvalue weighted by molar-refractivity contribution is 7.11. The van der Waals surface area contributed by atoms with Crippen LogP contribution >= 0.6 is 11.3 Å². The highest BCUT2D eigenvalue weighted by Crippen LogP contribution is 2.16. The standard InChI is InChI=1S/C16H18N2O4S/c1-18(2)16(21)14-5-3-12(22-14)8-17-15(20)6-4-13-7-11(9-19)10-23-13/h3-7,10,19H,8-9H2,1-2H3,(H,17,20)/b6-4+. The van der Waals surface area contributed by atoms with Crippen molar-refractivity contribution in [2.24, 2.45) is 0 Å². The molecule has 2 heterocycles. The second kappa shape index (κ2) is 7.75. The number of furan rings is 1. The molecule has 2 aromatic rings. The van der Waals surface area contributed by atoms with Crippen molar-refractivity contribution in [3.8, 4) is 0 Å². The third kappa shape index (κ3) is 4.80. The monoisotopic (exact) mass is 334 g/mol. The number of hydrogen-bond donors (Lipinski definition) is 2. The number of carbonyl (C=O) groups is 2. The van der Waals surface area contributed by atoms with E-state index in [1.54, 1.807) is 32.3 Å². The molecule has 2 amide bonds. The SMILES string of the molecule is CN(C)C(=O)c1ccc(CNC(=O)/C=C/c2cc(CO)cs2)o1. The van der Waals surface area contributed by atoms with E-state index in [0.717, 1.165) is 10.4 Å². The molecule has 7 heteroatoms. The van der Waals surface area contributed by atoms with Crippen molar-refractivity contribution >= 4 is 29.2 Å². The summed E-state index contributed by atoms with van der Waals surface area (Å²) in [5, 5.41) is 13.5. The van der Waals surface area contributed by atoms with Crippen LogP contribution in [0.3, 0.4) is 0 Å². The quantitative estimate of drug-likeness (QED) is 0.790. The number of carbonyl (C=O) groups excluding carboxylic acids is 2. The van der Waals surface area contributed by atoms with Crippen LogP contribution in [0.4, 0.5) is 0 Å². The molecule has 0 aromatic carbocycles. The van der Waals surface area contributed by atoms with E-state index in [2.05, 4.69) is 5.32 Å². The molecule has 23 heavy (non-hydrogen) atoms. The largest absolute Gasteiger partial charge is 0.454 e. The van der Waals surface area contributed by atoms with E-state index in [9.17, 15) is 9.59 Å². The molecule has 6 nitrogen and oxygen atoms in total. The van der Waals surface area contributed by atoms with Crippen LogP contribution in [-0.4, -0.2) is 35.9 Å². The minimum atomic E-state index is -0.263. The molecule has 0 aliphatic heterocycles. The van der Waals surface area contributed by atoms with Gasteiger partial charge in [0.1, 0.15) is 5.76 Å². The molecule has 0 aliphatic rings. The molecule has 0 saturated carbocycles. The molecular formula is C16H18N2O4S. The summed E-state index contributed by atoms with van der Waals surface area (Å²) in [7, 11) is 3.29. The van der Waals surface area contributed by atoms with Crippen molar-refractivity contribution in [2.45, 2.75) is 13.2 Å². The van der Waals surface area contributed by atoms with Gasteiger partial charge in [0.25, 0.3) is 5.91 Å². The van der Waals surface area contributed by atoms with Gasteiger partial charge in [0.15, 0.2) is 5.76 Å². The molecule has 0 fully saturated rings. The molecule has 0 aliphatic carbocycles. The summed E-state index contributed by atoms with van der Waals surface area (Å²) < 4.78 is 5.38. The van der Waals surface area contributed by atoms with Crippen LogP contribution in [0.5, 0.6) is 0 Å². The zero-order chi connectivity index (χ0) is 16.8. The van der Waals surface area contributed by atoms with Crippen molar-refractivity contribution in [3.63, 3.8) is 0 Å². The van der Waals surface area contributed by atoms with Crippen LogP contribution in [0.1, 0.15) is 26.8 Å². The number of amides is 2. The van der Waals surface area contributed by atoms with Gasteiger partial charge in [-0.25, -0.2) is 0 Å². The summed E-state index contributed by atoms with van der Waals surface area (Å²) in [6, 6.07) is 5.06. The number of aliphatic hydroxyl groups is 1. The maximum atomic E-state index is 11.8. The number of nitrogens with zero attached hydrogens (tertiary/aromatic N) is 1. The molecule has 0 bridgehead atoms. The molecule has 0 atom stereocenters. The number of rotatable bonds is 6. The normalized spacial score (nSPS) is 10.9. The number of thiophene rings is 1. The van der Waals surface area contributed by atoms with E-state index < -0.39 is 0 Å². The topological polar surface area (TPSA) is 82.8 Å². The molecule has 122 valence electrons. The van der Waals surface area contributed by atoms with Crippen LogP contribution in [0.2, 0.25) is 0 Å². The van der Waals surface area contributed by atoms with Gasteiger partial charge < -0.3 is 19.7 Å². The Kier molecular flexibility index (Phi) is 5.72. The van der Waals surface area contributed by atoms with Crippen molar-refractivity contribution in [1.29, 1.82) is 0 Å². The Morgan fingerprint density at radius 3 is 2.83 bits per heavy atom. The van der Waals surface area contributed by atoms with Gasteiger partial charge in [-0.2, -0.15) is 0 Å². The van der Waals surface area contributed by atoms with Gasteiger partial charge in [0.05, 0.1) is 13.2 Å². The Labute approximate surface area is 138 Å². The lowest BCUT2D eigenvalue weighted by Gasteiger charge is -2.06. The predicted octanol–water partition coefficient (Wildman–Crippen LogP) is 1.86. The Bertz CT molecular complexity index is 715. The summed E-state index contributed by atoms with van der Waals surface area (Å²) in [4.78, 5) is 25.8. The molecule has 2 rings (SSSR count). The molecule has 0 saturated heterocycles. The maximum Gasteiger partial charge on any atom is 0.289 e. The lowest BCUT2D eigenvalue weighted by Crippen LogP contribution is -2.21. The van der Waals surface area contributed by atoms with Gasteiger partial charge in [-0.05, 0) is 35.2 Å². The zero-order valence-corrected chi connectivity index (χ0v) is 13.7. The first-order valence-electron chi connectivity index (χ1n) is 6.94. The summed E-state index contributed by atoms with van der Waals surface area (Å²) in [6.45, 7) is 0.194. The lowest BCUT2D eigenvalue weighted by atomic mass is 10.3. The third-order valence-corrected chi connectivity index (χ3v) is 3.92. The Balaban J connectivity index is 1.85. The van der Waals surface area contributed by atoms with Crippen molar-refractivity contribution in [2.75, 3.05) is 14.1 Å². The second-order valence-electron chi connectivity index (χ2n) is 5.03. The number of hydrogen-bond acceptors (Lipinski definition) is 5. The van der Waals surface area contributed by atoms with Crippen LogP contribution in [0.25, 0.3) is 6.08 Å². The number of aliphatic hydroxyl groups excluding tert-OH is 1. The van der Waals surface area contributed by atoms with E-state index in [-0.39, 0.29) is 30.7 Å². The fourth-order valence-electron chi connectivity index (χ4n) is 1.76. The molecule has 0 spiro atoms. The van der Waals surface area contributed by atoms with Crippen LogP contribution in [0, 0.1) is 0 Å². The van der Waals surface area contributed by atoms with Crippen LogP contribution in [-0.2, 0) is 17.9 Å². The van der Waals surface area contributed by atoms with Crippen molar-refractivity contribution in [1.82, 2.24) is 10.2 Å². The summed E-state index contributed by atoms with van der Waals surface area (Å²) in [5.41, 5.74) is 0.823. The summed E-state index contributed by atoms with van der Waals surface area (Å²) in [6.07, 6.45) is 3.10. The number of nitrogens with one attached hydrogen (secondary N) is 1. The van der Waals surface area contributed by atoms with E-state index in [4.69, 9.17) is 9.52 Å². The highest BCUT2D eigenvalue weighted by atomic mass is 32.1. The van der Waals surface area contributed by atoms with Crippen molar-refractivity contribution < 1.29 is 19.1 Å². The minimum absolute atomic E-state index is 0.0109. The smallest absolute Gasteiger partial charge is 0.289 e. The molecule has 0 unspecified atom stereocenters. The molecule has 0 radical (unpaired) electrons. The van der Waals surface area contributed by atoms with Gasteiger partial charge in [0, 0.05) is 25.0 Å². The minimum Gasteiger partial charge on any atom is -0.454 e. The fourth-order valence-corrected chi connectivity index (χ4v) is 2.56. The van der Waals surface area contributed by atoms with E-state index in [0.29, 0.717) is 5.76 Å². The van der Waals surface area contributed by atoms with Crippen LogP contribution < -0.4 is 5.32 Å². The Morgan fingerprint density at radius 1 is 1.39 bits per heavy atom. The van der Waals surface area contributed by atoms with Gasteiger partial charge in [-0.15, -0.1) is 11.3 Å². The van der Waals surface area contributed by atoms with E-state index in [1.807, 2.05) is 11.4 Å². The first kappa shape index (κ1) is 17.0. The van der Waals surface area contributed by atoms with Crippen molar-refractivity contribution in [3.05, 3.63) is 51.6 Å². The highest BCUT2D eigenvalue weighted by Gasteiger charge is 2.12. The van der Waals surface area contributed by atoms with Crippen LogP contribution in [0.15, 0.2) is 34.1 Å². The Hall–Kier alpha value is -2.38. The predicted molar refractivity (Wildman–Crippen MR) is 87.8 cm³/mol. The average molecular weight is 334 g/mol. The van der Waals surface area contributed by atoms with E-state index in [1.165, 1.54) is 22.3 Å². The Morgan fingerprint density at radius 2 is 2.17 bits per heavy atom. The van der Waals surface area contributed by atoms with Gasteiger partial charge in [0.2, 0.25) is 5.91 Å². The van der Waals surface area contributed by atoms with Gasteiger partial charge in [-0.3, -0.25) is 9.59 Å². The average Bonchev–Trinajstić information content (AvgIpc) is 3.19. The third-order valence-electron chi connectivity index (χ3n) is 2.97. The second-order valence-corrected chi connectivity index (χ2v) is 5.97. The first-order valence-corrected chi connectivity index (χ1v) is 7.82. The van der Waals surface area contributed by atoms with E-state index >= 15 is 0 Å². The summed E-state index contributed by atoms with van der Waals surface area (Å²) in [5.74, 6) is 0.265. The van der Waals surface area contributed by atoms with Gasteiger partial charge in [-0.1, -0.05) is 0 Å². The molecular weight excluding hydrogens is 316 g/mol.